The quantitative estimate of drug-likeness (QED) is 0.711. The van der Waals surface area contributed by atoms with E-state index in [2.05, 4.69) is 58.6 Å². The van der Waals surface area contributed by atoms with Crippen LogP contribution in [0.4, 0.5) is 5.82 Å². The zero-order valence-corrected chi connectivity index (χ0v) is 14.7. The fraction of sp³-hybridized carbons (Fsp3) is 0.375. The maximum Gasteiger partial charge on any atom is 0.224 e. The Kier molecular flexibility index (Phi) is 5.78. The minimum absolute atomic E-state index is 0.255. The number of anilines is 1. The Morgan fingerprint density at radius 3 is 2.67 bits per heavy atom. The Hall–Kier alpha value is -1.37. The third-order valence-electron chi connectivity index (χ3n) is 2.84. The third kappa shape index (κ3) is 4.56. The third-order valence-corrected chi connectivity index (χ3v) is 3.73. The van der Waals surface area contributed by atoms with Crippen molar-refractivity contribution >= 4 is 28.4 Å². The highest BCUT2D eigenvalue weighted by Gasteiger charge is 2.10. The van der Waals surface area contributed by atoms with Crippen LogP contribution >= 0.6 is 22.6 Å². The molecule has 0 radical (unpaired) electrons. The Morgan fingerprint density at radius 1 is 1.24 bits per heavy atom. The summed E-state index contributed by atoms with van der Waals surface area (Å²) in [4.78, 5) is 9.03. The van der Waals surface area contributed by atoms with Crippen LogP contribution in [0.2, 0.25) is 0 Å². The van der Waals surface area contributed by atoms with Gasteiger partial charge in [-0.15, -0.1) is 0 Å². The molecule has 0 bridgehead atoms. The molecule has 0 amide bonds. The number of benzene rings is 1. The van der Waals surface area contributed by atoms with Gasteiger partial charge >= 0.3 is 0 Å². The number of hydrogen-bond donors (Lipinski definition) is 1. The molecule has 21 heavy (non-hydrogen) atoms. The lowest BCUT2D eigenvalue weighted by atomic mass is 10.2. The SMILES string of the molecule is CCCNc1cc(Oc2ccccc2I)nc(C(C)C)n1. The summed E-state index contributed by atoms with van der Waals surface area (Å²) in [5.74, 6) is 3.25. The van der Waals surface area contributed by atoms with Crippen molar-refractivity contribution in [1.29, 1.82) is 0 Å². The summed E-state index contributed by atoms with van der Waals surface area (Å²) in [6.45, 7) is 7.17. The van der Waals surface area contributed by atoms with Crippen LogP contribution in [-0.2, 0) is 0 Å². The maximum absolute atomic E-state index is 5.92. The summed E-state index contributed by atoms with van der Waals surface area (Å²) < 4.78 is 6.98. The molecule has 0 aliphatic rings. The minimum atomic E-state index is 0.255. The first-order chi connectivity index (χ1) is 10.1. The van der Waals surface area contributed by atoms with E-state index in [1.54, 1.807) is 0 Å². The molecule has 0 saturated heterocycles. The first-order valence-corrected chi connectivity index (χ1v) is 8.23. The van der Waals surface area contributed by atoms with Crippen LogP contribution < -0.4 is 10.1 Å². The highest BCUT2D eigenvalue weighted by atomic mass is 127. The van der Waals surface area contributed by atoms with Gasteiger partial charge in [-0.2, -0.15) is 4.98 Å². The predicted octanol–water partition coefficient (Wildman–Crippen LogP) is 4.82. The molecule has 0 atom stereocenters. The average molecular weight is 397 g/mol. The van der Waals surface area contributed by atoms with E-state index in [1.165, 1.54) is 0 Å². The zero-order valence-electron chi connectivity index (χ0n) is 12.6. The van der Waals surface area contributed by atoms with Crippen molar-refractivity contribution in [3.05, 3.63) is 39.7 Å². The number of halogens is 1. The van der Waals surface area contributed by atoms with Crippen molar-refractivity contribution < 1.29 is 4.74 Å². The molecule has 0 aliphatic carbocycles. The molecule has 0 aliphatic heterocycles. The number of para-hydroxylation sites is 1. The number of nitrogens with one attached hydrogen (secondary N) is 1. The summed E-state index contributed by atoms with van der Waals surface area (Å²) >= 11 is 2.26. The molecule has 1 aromatic heterocycles. The molecule has 0 spiro atoms. The fourth-order valence-corrected chi connectivity index (χ4v) is 2.23. The van der Waals surface area contributed by atoms with E-state index in [4.69, 9.17) is 4.74 Å². The summed E-state index contributed by atoms with van der Waals surface area (Å²) in [5.41, 5.74) is 0. The highest BCUT2D eigenvalue weighted by molar-refractivity contribution is 14.1. The van der Waals surface area contributed by atoms with Gasteiger partial charge in [0.2, 0.25) is 5.88 Å². The van der Waals surface area contributed by atoms with Gasteiger partial charge in [0.1, 0.15) is 17.4 Å². The second-order valence-corrected chi connectivity index (χ2v) is 6.23. The van der Waals surface area contributed by atoms with Gasteiger partial charge in [-0.25, -0.2) is 4.98 Å². The number of ether oxygens (including phenoxy) is 1. The molecule has 5 heteroatoms. The van der Waals surface area contributed by atoms with Crippen molar-refractivity contribution in [2.45, 2.75) is 33.1 Å². The molecule has 2 aromatic rings. The lowest BCUT2D eigenvalue weighted by molar-refractivity contribution is 0.454. The highest BCUT2D eigenvalue weighted by Crippen LogP contribution is 2.27. The number of hydrogen-bond acceptors (Lipinski definition) is 4. The van der Waals surface area contributed by atoms with Crippen LogP contribution in [-0.4, -0.2) is 16.5 Å². The van der Waals surface area contributed by atoms with E-state index in [-0.39, 0.29) is 5.92 Å². The van der Waals surface area contributed by atoms with E-state index >= 15 is 0 Å². The normalized spacial score (nSPS) is 10.7. The summed E-state index contributed by atoms with van der Waals surface area (Å²) in [6, 6.07) is 9.75. The van der Waals surface area contributed by atoms with Crippen LogP contribution in [0.3, 0.4) is 0 Å². The first kappa shape index (κ1) is 16.0. The number of rotatable bonds is 6. The average Bonchev–Trinajstić information content (AvgIpc) is 2.47. The van der Waals surface area contributed by atoms with E-state index < -0.39 is 0 Å². The lowest BCUT2D eigenvalue weighted by Gasteiger charge is -2.12. The Bertz CT molecular complexity index is 602. The predicted molar refractivity (Wildman–Crippen MR) is 94.1 cm³/mol. The molecule has 1 heterocycles. The largest absolute Gasteiger partial charge is 0.438 e. The molecule has 4 nitrogen and oxygen atoms in total. The smallest absolute Gasteiger partial charge is 0.224 e. The summed E-state index contributed by atoms with van der Waals surface area (Å²) in [7, 11) is 0. The van der Waals surface area contributed by atoms with Gasteiger partial charge in [-0.05, 0) is 41.1 Å². The molecule has 112 valence electrons. The maximum atomic E-state index is 5.92. The van der Waals surface area contributed by atoms with Gasteiger partial charge in [-0.1, -0.05) is 32.9 Å². The van der Waals surface area contributed by atoms with Gasteiger partial charge in [-0.3, -0.25) is 0 Å². The van der Waals surface area contributed by atoms with Crippen molar-refractivity contribution in [3.8, 4) is 11.6 Å². The van der Waals surface area contributed by atoms with Crippen LogP contribution in [0.15, 0.2) is 30.3 Å². The standard InChI is InChI=1S/C16H20IN3O/c1-4-9-18-14-10-15(20-16(19-14)11(2)3)21-13-8-6-5-7-12(13)17/h5-8,10-11H,4,9H2,1-3H3,(H,18,19,20). The van der Waals surface area contributed by atoms with Crippen molar-refractivity contribution in [3.63, 3.8) is 0 Å². The molecular formula is C16H20IN3O. The van der Waals surface area contributed by atoms with E-state index in [1.807, 2.05) is 30.3 Å². The first-order valence-electron chi connectivity index (χ1n) is 7.15. The van der Waals surface area contributed by atoms with Crippen LogP contribution in [0.25, 0.3) is 0 Å². The molecule has 0 unspecified atom stereocenters. The van der Waals surface area contributed by atoms with E-state index in [9.17, 15) is 0 Å². The monoisotopic (exact) mass is 397 g/mol. The van der Waals surface area contributed by atoms with Gasteiger partial charge in [0.25, 0.3) is 0 Å². The second kappa shape index (κ2) is 7.59. The Labute approximate surface area is 139 Å². The molecule has 1 aromatic carbocycles. The van der Waals surface area contributed by atoms with Crippen LogP contribution in [0, 0.1) is 3.57 Å². The van der Waals surface area contributed by atoms with Crippen LogP contribution in [0.5, 0.6) is 11.6 Å². The topological polar surface area (TPSA) is 47.0 Å². The number of aromatic nitrogens is 2. The lowest BCUT2D eigenvalue weighted by Crippen LogP contribution is -2.07. The van der Waals surface area contributed by atoms with Gasteiger partial charge in [0, 0.05) is 18.5 Å². The van der Waals surface area contributed by atoms with E-state index in [0.29, 0.717) is 5.88 Å². The number of nitrogens with zero attached hydrogens (tertiary/aromatic N) is 2. The molecule has 2 rings (SSSR count). The fourth-order valence-electron chi connectivity index (χ4n) is 1.74. The Balaban J connectivity index is 2.29. The van der Waals surface area contributed by atoms with Crippen molar-refractivity contribution in [2.75, 3.05) is 11.9 Å². The zero-order chi connectivity index (χ0) is 15.2. The molecule has 1 N–H and O–H groups in total. The van der Waals surface area contributed by atoms with E-state index in [0.717, 1.165) is 33.9 Å². The van der Waals surface area contributed by atoms with Gasteiger partial charge in [0.05, 0.1) is 3.57 Å². The van der Waals surface area contributed by atoms with Crippen LogP contribution in [0.1, 0.15) is 38.9 Å². The molecule has 0 fully saturated rings. The van der Waals surface area contributed by atoms with Crippen molar-refractivity contribution in [1.82, 2.24) is 9.97 Å². The van der Waals surface area contributed by atoms with Gasteiger partial charge in [0.15, 0.2) is 0 Å². The Morgan fingerprint density at radius 2 is 2.00 bits per heavy atom. The van der Waals surface area contributed by atoms with Crippen molar-refractivity contribution in [2.24, 2.45) is 0 Å². The molecular weight excluding hydrogens is 377 g/mol. The molecule has 0 saturated carbocycles. The minimum Gasteiger partial charge on any atom is -0.438 e. The summed E-state index contributed by atoms with van der Waals surface area (Å²) in [5, 5.41) is 3.30. The van der Waals surface area contributed by atoms with Gasteiger partial charge < -0.3 is 10.1 Å². The summed E-state index contributed by atoms with van der Waals surface area (Å²) in [6.07, 6.45) is 1.05. The second-order valence-electron chi connectivity index (χ2n) is 5.06.